The van der Waals surface area contributed by atoms with Crippen molar-refractivity contribution >= 4 is 6.41 Å². The van der Waals surface area contributed by atoms with Gasteiger partial charge in [0.15, 0.2) is 0 Å². The second-order valence-corrected chi connectivity index (χ2v) is 2.83. The van der Waals surface area contributed by atoms with E-state index in [1.807, 2.05) is 0 Å². The molecule has 1 heterocycles. The Hall–Kier alpha value is -0.610. The number of likely N-dealkylation sites (tertiary alicyclic amines) is 1. The normalized spacial score (nSPS) is 32.0. The van der Waals surface area contributed by atoms with Crippen LogP contribution in [0.5, 0.6) is 0 Å². The summed E-state index contributed by atoms with van der Waals surface area (Å²) >= 11 is 0. The Morgan fingerprint density at radius 3 is 2.91 bits per heavy atom. The second-order valence-electron chi connectivity index (χ2n) is 2.83. The first-order valence-corrected chi connectivity index (χ1v) is 3.75. The molecule has 2 N–H and O–H groups in total. The van der Waals surface area contributed by atoms with Crippen LogP contribution in [0.2, 0.25) is 0 Å². The first-order chi connectivity index (χ1) is 5.27. The van der Waals surface area contributed by atoms with Gasteiger partial charge in [-0.3, -0.25) is 4.79 Å². The van der Waals surface area contributed by atoms with Crippen LogP contribution in [0.3, 0.4) is 0 Å². The number of ether oxygens (including phenoxy) is 1. The zero-order chi connectivity index (χ0) is 8.27. The fourth-order valence-corrected chi connectivity index (χ4v) is 1.38. The lowest BCUT2D eigenvalue weighted by atomic mass is 10.0. The molecule has 64 valence electrons. The summed E-state index contributed by atoms with van der Waals surface area (Å²) in [4.78, 5) is 12.0. The smallest absolute Gasteiger partial charge is 0.209 e. The van der Waals surface area contributed by atoms with E-state index in [0.717, 1.165) is 19.4 Å². The van der Waals surface area contributed by atoms with Gasteiger partial charge >= 0.3 is 0 Å². The van der Waals surface area contributed by atoms with Crippen molar-refractivity contribution < 1.29 is 9.53 Å². The molecule has 1 aliphatic rings. The van der Waals surface area contributed by atoms with Crippen LogP contribution in [0.15, 0.2) is 0 Å². The predicted molar refractivity (Wildman–Crippen MR) is 41.0 cm³/mol. The van der Waals surface area contributed by atoms with Gasteiger partial charge in [-0.05, 0) is 6.42 Å². The molecule has 2 atom stereocenters. The number of amides is 1. The molecular formula is C7H14N2O2. The number of piperidine rings is 1. The maximum atomic E-state index is 10.3. The highest BCUT2D eigenvalue weighted by atomic mass is 16.5. The zero-order valence-electron chi connectivity index (χ0n) is 6.69. The summed E-state index contributed by atoms with van der Waals surface area (Å²) in [7, 11) is 1.65. The van der Waals surface area contributed by atoms with E-state index < -0.39 is 0 Å². The van der Waals surface area contributed by atoms with Crippen LogP contribution in [-0.4, -0.2) is 43.7 Å². The van der Waals surface area contributed by atoms with Gasteiger partial charge < -0.3 is 15.4 Å². The largest absolute Gasteiger partial charge is 0.380 e. The van der Waals surface area contributed by atoms with Crippen molar-refractivity contribution in [2.24, 2.45) is 5.73 Å². The van der Waals surface area contributed by atoms with E-state index in [4.69, 9.17) is 10.5 Å². The fourth-order valence-electron chi connectivity index (χ4n) is 1.38. The fraction of sp³-hybridized carbons (Fsp3) is 0.857. The molecule has 1 saturated heterocycles. The minimum absolute atomic E-state index is 0.0288. The molecule has 0 unspecified atom stereocenters. The first kappa shape index (κ1) is 8.49. The summed E-state index contributed by atoms with van der Waals surface area (Å²) in [6.45, 7) is 1.37. The monoisotopic (exact) mass is 158 g/mol. The van der Waals surface area contributed by atoms with E-state index in [-0.39, 0.29) is 12.1 Å². The average molecular weight is 158 g/mol. The lowest BCUT2D eigenvalue weighted by Gasteiger charge is -2.33. The third-order valence-electron chi connectivity index (χ3n) is 2.08. The number of hydrogen-bond acceptors (Lipinski definition) is 3. The van der Waals surface area contributed by atoms with Crippen molar-refractivity contribution in [1.29, 1.82) is 0 Å². The van der Waals surface area contributed by atoms with Gasteiger partial charge in [-0.15, -0.1) is 0 Å². The van der Waals surface area contributed by atoms with Crippen molar-refractivity contribution in [3.8, 4) is 0 Å². The molecule has 0 saturated carbocycles. The zero-order valence-corrected chi connectivity index (χ0v) is 6.69. The maximum Gasteiger partial charge on any atom is 0.209 e. The quantitative estimate of drug-likeness (QED) is 0.535. The highest BCUT2D eigenvalue weighted by molar-refractivity contribution is 5.47. The molecule has 0 bridgehead atoms. The minimum atomic E-state index is -0.0288. The molecule has 11 heavy (non-hydrogen) atoms. The second kappa shape index (κ2) is 3.69. The highest BCUT2D eigenvalue weighted by Gasteiger charge is 2.24. The highest BCUT2D eigenvalue weighted by Crippen LogP contribution is 2.10. The summed E-state index contributed by atoms with van der Waals surface area (Å²) < 4.78 is 5.13. The molecule has 1 rings (SSSR count). The van der Waals surface area contributed by atoms with Gasteiger partial charge in [-0.2, -0.15) is 0 Å². The third kappa shape index (κ3) is 1.91. The van der Waals surface area contributed by atoms with Gasteiger partial charge in [0, 0.05) is 26.2 Å². The maximum absolute atomic E-state index is 10.3. The Balaban J connectivity index is 2.40. The van der Waals surface area contributed by atoms with E-state index in [1.54, 1.807) is 12.0 Å². The van der Waals surface area contributed by atoms with Crippen LogP contribution in [-0.2, 0) is 9.53 Å². The van der Waals surface area contributed by atoms with Crippen molar-refractivity contribution in [2.45, 2.75) is 18.6 Å². The lowest BCUT2D eigenvalue weighted by molar-refractivity contribution is -0.120. The summed E-state index contributed by atoms with van der Waals surface area (Å²) in [5, 5.41) is 0. The molecule has 0 radical (unpaired) electrons. The first-order valence-electron chi connectivity index (χ1n) is 3.75. The molecule has 0 aromatic carbocycles. The van der Waals surface area contributed by atoms with Gasteiger partial charge in [0.25, 0.3) is 0 Å². The minimum Gasteiger partial charge on any atom is -0.380 e. The van der Waals surface area contributed by atoms with Crippen LogP contribution >= 0.6 is 0 Å². The van der Waals surface area contributed by atoms with Crippen LogP contribution in [0.4, 0.5) is 0 Å². The van der Waals surface area contributed by atoms with Gasteiger partial charge in [-0.1, -0.05) is 0 Å². The molecule has 4 heteroatoms. The topological polar surface area (TPSA) is 55.6 Å². The number of hydrogen-bond donors (Lipinski definition) is 1. The molecule has 0 aromatic heterocycles. The third-order valence-corrected chi connectivity index (χ3v) is 2.08. The van der Waals surface area contributed by atoms with Gasteiger partial charge in [0.2, 0.25) is 6.41 Å². The molecule has 1 fully saturated rings. The summed E-state index contributed by atoms with van der Waals surface area (Å²) in [5.41, 5.74) is 5.73. The molecular weight excluding hydrogens is 144 g/mol. The molecule has 0 aliphatic carbocycles. The van der Waals surface area contributed by atoms with Crippen molar-refractivity contribution in [3.63, 3.8) is 0 Å². The van der Waals surface area contributed by atoms with E-state index in [2.05, 4.69) is 0 Å². The van der Waals surface area contributed by atoms with Gasteiger partial charge in [-0.25, -0.2) is 0 Å². The van der Waals surface area contributed by atoms with E-state index in [0.29, 0.717) is 6.54 Å². The molecule has 4 nitrogen and oxygen atoms in total. The number of rotatable bonds is 2. The van der Waals surface area contributed by atoms with Gasteiger partial charge in [0.05, 0.1) is 6.10 Å². The van der Waals surface area contributed by atoms with Gasteiger partial charge in [0.1, 0.15) is 0 Å². The number of carbonyl (C=O) groups excluding carboxylic acids is 1. The Bertz CT molecular complexity index is 140. The molecule has 1 amide bonds. The number of methoxy groups -OCH3 is 1. The van der Waals surface area contributed by atoms with Crippen LogP contribution in [0, 0.1) is 0 Å². The standard InChI is InChI=1S/C7H14N2O2/c1-11-7-2-3-9(5-10)4-6(7)8/h5-7H,2-4,8H2,1H3/t6-,7+/m0/s1. The predicted octanol–water partition coefficient (Wildman–Crippen LogP) is -0.809. The average Bonchev–Trinajstić information content (AvgIpc) is 2.04. The lowest BCUT2D eigenvalue weighted by Crippen LogP contribution is -2.51. The van der Waals surface area contributed by atoms with E-state index in [1.165, 1.54) is 0 Å². The Morgan fingerprint density at radius 2 is 2.45 bits per heavy atom. The van der Waals surface area contributed by atoms with Crippen molar-refractivity contribution in [2.75, 3.05) is 20.2 Å². The molecule has 0 aromatic rings. The Morgan fingerprint density at radius 1 is 1.73 bits per heavy atom. The van der Waals surface area contributed by atoms with E-state index >= 15 is 0 Å². The van der Waals surface area contributed by atoms with E-state index in [9.17, 15) is 4.79 Å². The number of carbonyl (C=O) groups is 1. The molecule has 1 aliphatic heterocycles. The van der Waals surface area contributed by atoms with Crippen molar-refractivity contribution in [3.05, 3.63) is 0 Å². The Kier molecular flexibility index (Phi) is 2.84. The van der Waals surface area contributed by atoms with Crippen LogP contribution < -0.4 is 5.73 Å². The Labute approximate surface area is 66.3 Å². The van der Waals surface area contributed by atoms with Crippen LogP contribution in [0.1, 0.15) is 6.42 Å². The number of nitrogens with two attached hydrogens (primary N) is 1. The van der Waals surface area contributed by atoms with Crippen LogP contribution in [0.25, 0.3) is 0 Å². The SMILES string of the molecule is CO[C@@H]1CCN(C=O)C[C@@H]1N. The summed E-state index contributed by atoms with van der Waals surface area (Å²) in [6.07, 6.45) is 1.80. The van der Waals surface area contributed by atoms with Crippen molar-refractivity contribution in [1.82, 2.24) is 4.90 Å². The summed E-state index contributed by atoms with van der Waals surface area (Å²) in [5.74, 6) is 0. The summed E-state index contributed by atoms with van der Waals surface area (Å²) in [6, 6.07) is -0.0288. The number of nitrogens with zero attached hydrogens (tertiary/aromatic N) is 1. The molecule has 0 spiro atoms.